The van der Waals surface area contributed by atoms with Crippen molar-refractivity contribution in [1.29, 1.82) is 0 Å². The first-order valence-electron chi connectivity index (χ1n) is 6.21. The molecule has 1 unspecified atom stereocenters. The highest BCUT2D eigenvalue weighted by molar-refractivity contribution is 5.89. The van der Waals surface area contributed by atoms with Crippen LogP contribution in [-0.2, 0) is 0 Å². The summed E-state index contributed by atoms with van der Waals surface area (Å²) in [6, 6.07) is 1.31. The highest BCUT2D eigenvalue weighted by Gasteiger charge is 2.23. The number of likely N-dealkylation sites (tertiary alicyclic amines) is 1. The van der Waals surface area contributed by atoms with Crippen LogP contribution in [0.5, 0.6) is 0 Å². The van der Waals surface area contributed by atoms with Crippen LogP contribution in [0.25, 0.3) is 0 Å². The molecule has 0 aliphatic carbocycles. The second-order valence-electron chi connectivity index (χ2n) is 4.63. The highest BCUT2D eigenvalue weighted by Crippen LogP contribution is 2.21. The molecule has 2 N–H and O–H groups in total. The van der Waals surface area contributed by atoms with Gasteiger partial charge in [0.25, 0.3) is 0 Å². The number of aliphatic hydroxyl groups excluding tert-OH is 1. The van der Waals surface area contributed by atoms with Crippen LogP contribution in [0.4, 0.5) is 19.3 Å². The molecular formula is C14H14F2N2O2. The molecule has 1 aliphatic rings. The maximum absolute atomic E-state index is 13.7. The molecule has 1 atom stereocenters. The van der Waals surface area contributed by atoms with Crippen LogP contribution in [0, 0.1) is 24.0 Å². The lowest BCUT2D eigenvalue weighted by Gasteiger charge is -2.30. The van der Waals surface area contributed by atoms with E-state index in [4.69, 9.17) is 6.42 Å². The third-order valence-electron chi connectivity index (χ3n) is 3.12. The summed E-state index contributed by atoms with van der Waals surface area (Å²) in [5.41, 5.74) is -0.472. The third-order valence-corrected chi connectivity index (χ3v) is 3.12. The van der Waals surface area contributed by atoms with Gasteiger partial charge in [-0.3, -0.25) is 0 Å². The largest absolute Gasteiger partial charge is 0.391 e. The number of halogens is 2. The summed E-state index contributed by atoms with van der Waals surface area (Å²) in [5, 5.41) is 11.7. The van der Waals surface area contributed by atoms with Gasteiger partial charge >= 0.3 is 6.03 Å². The van der Waals surface area contributed by atoms with Gasteiger partial charge in [-0.1, -0.05) is 5.92 Å². The fraction of sp³-hybridized carbons (Fsp3) is 0.357. The molecular weight excluding hydrogens is 266 g/mol. The lowest BCUT2D eigenvalue weighted by molar-refractivity contribution is 0.0883. The van der Waals surface area contributed by atoms with Crippen molar-refractivity contribution < 1.29 is 18.7 Å². The van der Waals surface area contributed by atoms with Crippen LogP contribution < -0.4 is 5.32 Å². The molecule has 0 spiro atoms. The monoisotopic (exact) mass is 280 g/mol. The molecule has 0 radical (unpaired) electrons. The average molecular weight is 280 g/mol. The van der Waals surface area contributed by atoms with Crippen molar-refractivity contribution >= 4 is 11.7 Å². The average Bonchev–Trinajstić information content (AvgIpc) is 2.42. The van der Waals surface area contributed by atoms with Gasteiger partial charge in [0, 0.05) is 18.7 Å². The van der Waals surface area contributed by atoms with E-state index in [1.54, 1.807) is 0 Å². The molecule has 2 rings (SSSR count). The molecule has 1 saturated heterocycles. The van der Waals surface area contributed by atoms with Crippen LogP contribution in [0.3, 0.4) is 0 Å². The van der Waals surface area contributed by atoms with Gasteiger partial charge in [0.15, 0.2) is 11.6 Å². The first-order valence-corrected chi connectivity index (χ1v) is 6.21. The van der Waals surface area contributed by atoms with Crippen LogP contribution >= 0.6 is 0 Å². The van der Waals surface area contributed by atoms with Crippen molar-refractivity contribution in [1.82, 2.24) is 4.90 Å². The number of hydrogen-bond acceptors (Lipinski definition) is 2. The number of urea groups is 1. The summed E-state index contributed by atoms with van der Waals surface area (Å²) < 4.78 is 27.4. The quantitative estimate of drug-likeness (QED) is 0.772. The lowest BCUT2D eigenvalue weighted by Crippen LogP contribution is -2.44. The summed E-state index contributed by atoms with van der Waals surface area (Å²) in [7, 11) is 0. The zero-order valence-electron chi connectivity index (χ0n) is 10.7. The Hall–Kier alpha value is -2.13. The molecule has 4 nitrogen and oxygen atoms in total. The van der Waals surface area contributed by atoms with E-state index in [0.29, 0.717) is 19.4 Å². The Balaban J connectivity index is 2.14. The Morgan fingerprint density at radius 1 is 1.45 bits per heavy atom. The predicted molar refractivity (Wildman–Crippen MR) is 70.1 cm³/mol. The van der Waals surface area contributed by atoms with E-state index in [2.05, 4.69) is 11.2 Å². The number of β-amino-alcohol motifs (C(OH)–C–C–N with tert-alkyl or cyclic N) is 1. The number of aliphatic hydroxyl groups is 1. The minimum atomic E-state index is -0.927. The molecule has 6 heteroatoms. The van der Waals surface area contributed by atoms with E-state index in [1.165, 1.54) is 4.90 Å². The van der Waals surface area contributed by atoms with Crippen molar-refractivity contribution in [2.75, 3.05) is 18.4 Å². The number of amides is 2. The Kier molecular flexibility index (Phi) is 4.20. The van der Waals surface area contributed by atoms with Crippen molar-refractivity contribution in [3.05, 3.63) is 29.3 Å². The zero-order chi connectivity index (χ0) is 14.7. The van der Waals surface area contributed by atoms with Crippen LogP contribution in [-0.4, -0.2) is 35.2 Å². The predicted octanol–water partition coefficient (Wildman–Crippen LogP) is 1.93. The number of nitrogens with zero attached hydrogens (tertiary/aromatic N) is 1. The molecule has 1 aromatic rings. The molecule has 1 heterocycles. The zero-order valence-corrected chi connectivity index (χ0v) is 10.7. The second-order valence-corrected chi connectivity index (χ2v) is 4.63. The van der Waals surface area contributed by atoms with Gasteiger partial charge < -0.3 is 15.3 Å². The summed E-state index contributed by atoms with van der Waals surface area (Å²) in [4.78, 5) is 13.2. The lowest BCUT2D eigenvalue weighted by atomic mass is 10.1. The van der Waals surface area contributed by atoms with Gasteiger partial charge in [0.05, 0.1) is 6.10 Å². The van der Waals surface area contributed by atoms with Gasteiger partial charge in [-0.15, -0.1) is 6.42 Å². The highest BCUT2D eigenvalue weighted by atomic mass is 19.1. The van der Waals surface area contributed by atoms with E-state index >= 15 is 0 Å². The molecule has 0 bridgehead atoms. The molecule has 1 aliphatic heterocycles. The fourth-order valence-corrected chi connectivity index (χ4v) is 2.10. The molecule has 20 heavy (non-hydrogen) atoms. The third kappa shape index (κ3) is 3.06. The molecule has 0 saturated carbocycles. The van der Waals surface area contributed by atoms with Crippen LogP contribution in [0.15, 0.2) is 12.1 Å². The summed E-state index contributed by atoms with van der Waals surface area (Å²) in [6.45, 7) is 0.589. The maximum Gasteiger partial charge on any atom is 0.322 e. The van der Waals surface area contributed by atoms with Crippen molar-refractivity contribution in [3.8, 4) is 12.3 Å². The van der Waals surface area contributed by atoms with Crippen molar-refractivity contribution in [2.45, 2.75) is 18.9 Å². The molecule has 1 fully saturated rings. The normalized spacial score (nSPS) is 18.5. The second kappa shape index (κ2) is 5.88. The van der Waals surface area contributed by atoms with E-state index in [1.807, 2.05) is 0 Å². The standard InChI is InChI=1S/C14H14F2N2O2/c1-2-9-6-11(15)13(12(16)7-9)17-14(20)18-5-3-4-10(19)8-18/h1,6-7,10,19H,3-5,8H2,(H,17,20). The topological polar surface area (TPSA) is 52.6 Å². The minimum absolute atomic E-state index is 0.0615. The summed E-state index contributed by atoms with van der Waals surface area (Å²) in [6.07, 6.45) is 5.72. The number of terminal acetylenes is 1. The van der Waals surface area contributed by atoms with E-state index in [-0.39, 0.29) is 12.1 Å². The van der Waals surface area contributed by atoms with Crippen LogP contribution in [0.1, 0.15) is 18.4 Å². The van der Waals surface area contributed by atoms with E-state index in [9.17, 15) is 18.7 Å². The number of nitrogens with one attached hydrogen (secondary N) is 1. The number of piperidine rings is 1. The molecule has 0 aromatic heterocycles. The number of carbonyl (C=O) groups is 1. The van der Waals surface area contributed by atoms with E-state index in [0.717, 1.165) is 12.1 Å². The van der Waals surface area contributed by atoms with Crippen molar-refractivity contribution in [2.24, 2.45) is 0 Å². The first-order chi connectivity index (χ1) is 9.51. The number of benzene rings is 1. The Labute approximate surface area is 115 Å². The van der Waals surface area contributed by atoms with Gasteiger partial charge in [-0.2, -0.15) is 0 Å². The first kappa shape index (κ1) is 14.3. The van der Waals surface area contributed by atoms with Gasteiger partial charge in [0.1, 0.15) is 5.69 Å². The van der Waals surface area contributed by atoms with Gasteiger partial charge in [-0.05, 0) is 25.0 Å². The Morgan fingerprint density at radius 3 is 2.65 bits per heavy atom. The smallest absolute Gasteiger partial charge is 0.322 e. The SMILES string of the molecule is C#Cc1cc(F)c(NC(=O)N2CCCC(O)C2)c(F)c1. The number of carbonyl (C=O) groups excluding carboxylic acids is 1. The fourth-order valence-electron chi connectivity index (χ4n) is 2.10. The minimum Gasteiger partial charge on any atom is -0.391 e. The number of rotatable bonds is 1. The number of anilines is 1. The summed E-state index contributed by atoms with van der Waals surface area (Å²) in [5.74, 6) is 0.268. The maximum atomic E-state index is 13.7. The Morgan fingerprint density at radius 2 is 2.10 bits per heavy atom. The number of hydrogen-bond donors (Lipinski definition) is 2. The summed E-state index contributed by atoms with van der Waals surface area (Å²) >= 11 is 0. The van der Waals surface area contributed by atoms with Crippen LogP contribution in [0.2, 0.25) is 0 Å². The molecule has 106 valence electrons. The Bertz CT molecular complexity index is 546. The van der Waals surface area contributed by atoms with Gasteiger partial charge in [-0.25, -0.2) is 13.6 Å². The van der Waals surface area contributed by atoms with Crippen molar-refractivity contribution in [3.63, 3.8) is 0 Å². The molecule has 1 aromatic carbocycles. The van der Waals surface area contributed by atoms with E-state index < -0.39 is 29.5 Å². The molecule has 2 amide bonds. The van der Waals surface area contributed by atoms with Gasteiger partial charge in [0.2, 0.25) is 0 Å².